The number of unbranched alkanes of at least 4 members (excludes halogenated alkanes) is 12. The van der Waals surface area contributed by atoms with Crippen LogP contribution in [0.3, 0.4) is 0 Å². The lowest BCUT2D eigenvalue weighted by atomic mass is 10.0. The molecule has 0 spiro atoms. The van der Waals surface area contributed by atoms with Gasteiger partial charge in [-0.2, -0.15) is 0 Å². The van der Waals surface area contributed by atoms with Gasteiger partial charge in [-0.05, 0) is 96.5 Å². The second-order valence-corrected chi connectivity index (χ2v) is 15.9. The van der Waals surface area contributed by atoms with Crippen LogP contribution in [-0.2, 0) is 38.0 Å². The van der Waals surface area contributed by atoms with Gasteiger partial charge in [-0.15, -0.1) is 0 Å². The molecule has 0 aromatic heterocycles. The third-order valence-electron chi connectivity index (χ3n) is 10.9. The van der Waals surface area contributed by atoms with Gasteiger partial charge in [0, 0.05) is 12.2 Å². The molecule has 1 saturated heterocycles. The number of ether oxygens (including phenoxy) is 8. The van der Waals surface area contributed by atoms with Gasteiger partial charge in [0.2, 0.25) is 0 Å². The Labute approximate surface area is 389 Å². The highest BCUT2D eigenvalue weighted by molar-refractivity contribution is 5.91. The summed E-state index contributed by atoms with van der Waals surface area (Å²) >= 11 is 0. The van der Waals surface area contributed by atoms with E-state index in [9.17, 15) is 19.2 Å². The SMILES string of the molecule is C=CC(=O)OCCCCCCCCCOc1ccc(-c2ccc(C(=O)O[C@@H]3OCCO[C@H]3OC(=O)c3ccc(-c4ccc(OCCCCCCCCCOC(=O)C=C)cc4)cc3)cc2)cc1. The van der Waals surface area contributed by atoms with Crippen LogP contribution in [-0.4, -0.2) is 76.1 Å². The summed E-state index contributed by atoms with van der Waals surface area (Å²) in [6, 6.07) is 29.7. The maximum atomic E-state index is 13.2. The van der Waals surface area contributed by atoms with Crippen molar-refractivity contribution in [1.29, 1.82) is 0 Å². The molecule has 352 valence electrons. The minimum absolute atomic E-state index is 0.169. The lowest BCUT2D eigenvalue weighted by Crippen LogP contribution is -2.44. The van der Waals surface area contributed by atoms with Crippen molar-refractivity contribution in [1.82, 2.24) is 0 Å². The van der Waals surface area contributed by atoms with Crippen LogP contribution >= 0.6 is 0 Å². The van der Waals surface area contributed by atoms with E-state index in [-0.39, 0.29) is 25.2 Å². The molecular weight excluding hydrogens is 841 g/mol. The molecule has 4 aromatic carbocycles. The van der Waals surface area contributed by atoms with E-state index >= 15 is 0 Å². The molecule has 0 bridgehead atoms. The Hall–Kier alpha value is -6.24. The quantitative estimate of drug-likeness (QED) is 0.0213. The number of esters is 4. The summed E-state index contributed by atoms with van der Waals surface area (Å²) in [7, 11) is 0. The van der Waals surface area contributed by atoms with Crippen molar-refractivity contribution >= 4 is 23.9 Å². The number of carbonyl (C=O) groups is 4. The van der Waals surface area contributed by atoms with Crippen molar-refractivity contribution in [3.05, 3.63) is 133 Å². The van der Waals surface area contributed by atoms with Crippen LogP contribution < -0.4 is 9.47 Å². The molecule has 0 unspecified atom stereocenters. The molecule has 1 aliphatic rings. The zero-order valence-corrected chi connectivity index (χ0v) is 38.0. The molecule has 5 rings (SSSR count). The van der Waals surface area contributed by atoms with Crippen molar-refractivity contribution in [2.45, 2.75) is 102 Å². The molecule has 0 saturated carbocycles. The Morgan fingerprint density at radius 3 is 1.03 bits per heavy atom. The molecule has 12 heteroatoms. The van der Waals surface area contributed by atoms with E-state index in [1.165, 1.54) is 12.2 Å². The van der Waals surface area contributed by atoms with E-state index in [0.29, 0.717) is 37.6 Å². The van der Waals surface area contributed by atoms with Gasteiger partial charge in [0.05, 0.1) is 50.8 Å². The maximum absolute atomic E-state index is 13.2. The van der Waals surface area contributed by atoms with E-state index in [1.54, 1.807) is 24.3 Å². The highest BCUT2D eigenvalue weighted by Gasteiger charge is 2.34. The molecule has 0 aliphatic carbocycles. The maximum Gasteiger partial charge on any atom is 0.340 e. The highest BCUT2D eigenvalue weighted by atomic mass is 16.8. The molecule has 12 nitrogen and oxygen atoms in total. The van der Waals surface area contributed by atoms with Gasteiger partial charge in [0.25, 0.3) is 12.6 Å². The molecule has 1 fully saturated rings. The van der Waals surface area contributed by atoms with E-state index in [2.05, 4.69) is 13.2 Å². The molecule has 66 heavy (non-hydrogen) atoms. The third kappa shape index (κ3) is 18.3. The summed E-state index contributed by atoms with van der Waals surface area (Å²) in [6.45, 7) is 9.33. The molecule has 4 aromatic rings. The predicted octanol–water partition coefficient (Wildman–Crippen LogP) is 11.4. The Kier molecular flexibility index (Phi) is 22.6. The predicted molar refractivity (Wildman–Crippen MR) is 252 cm³/mol. The number of carbonyl (C=O) groups excluding carboxylic acids is 4. The number of benzene rings is 4. The van der Waals surface area contributed by atoms with E-state index in [0.717, 1.165) is 124 Å². The van der Waals surface area contributed by atoms with Crippen molar-refractivity contribution in [2.24, 2.45) is 0 Å². The van der Waals surface area contributed by atoms with Gasteiger partial charge >= 0.3 is 23.9 Å². The van der Waals surface area contributed by atoms with E-state index < -0.39 is 24.5 Å². The van der Waals surface area contributed by atoms with Crippen LogP contribution in [0.5, 0.6) is 11.5 Å². The monoisotopic (exact) mass is 904 g/mol. The average molecular weight is 905 g/mol. The van der Waals surface area contributed by atoms with Crippen LogP contribution in [0, 0.1) is 0 Å². The summed E-state index contributed by atoms with van der Waals surface area (Å²) in [6.07, 6.45) is 14.7. The molecule has 0 radical (unpaired) electrons. The number of hydrogen-bond acceptors (Lipinski definition) is 12. The zero-order chi connectivity index (χ0) is 46.6. The Morgan fingerprint density at radius 1 is 0.424 bits per heavy atom. The fourth-order valence-corrected chi connectivity index (χ4v) is 7.12. The molecule has 0 amide bonds. The minimum atomic E-state index is -1.24. The fourth-order valence-electron chi connectivity index (χ4n) is 7.12. The zero-order valence-electron chi connectivity index (χ0n) is 38.0. The third-order valence-corrected chi connectivity index (χ3v) is 10.9. The van der Waals surface area contributed by atoms with Gasteiger partial charge in [0.15, 0.2) is 0 Å². The van der Waals surface area contributed by atoms with Crippen molar-refractivity contribution in [3.8, 4) is 33.8 Å². The first-order chi connectivity index (χ1) is 32.3. The van der Waals surface area contributed by atoms with Crippen molar-refractivity contribution in [2.75, 3.05) is 39.6 Å². The highest BCUT2D eigenvalue weighted by Crippen LogP contribution is 2.26. The standard InChI is InChI=1S/C54H64O12/c1-3-49(55)61-37-17-13-9-5-7-11-15-35-59-47-31-27-43(28-32-47)41-19-23-45(24-20-41)51(57)65-53-54(64-40-39-63-53)66-52(58)46-25-21-42(22-26-46)44-29-33-48(34-30-44)60-36-16-12-8-6-10-14-18-38-62-50(56)4-2/h3-4,19-34,53-54H,1-2,5-18,35-40H2/t53-,54-/m0/s1. The lowest BCUT2D eigenvalue weighted by Gasteiger charge is -2.30. The summed E-state index contributed by atoms with van der Waals surface area (Å²) < 4.78 is 44.4. The lowest BCUT2D eigenvalue weighted by molar-refractivity contribution is -0.288. The van der Waals surface area contributed by atoms with E-state index in [1.807, 2.05) is 72.8 Å². The second kappa shape index (κ2) is 29.3. The van der Waals surface area contributed by atoms with Crippen molar-refractivity contribution in [3.63, 3.8) is 0 Å². The first-order valence-corrected chi connectivity index (χ1v) is 23.2. The van der Waals surface area contributed by atoms with Crippen LogP contribution in [0.25, 0.3) is 22.3 Å². The average Bonchev–Trinajstić information content (AvgIpc) is 3.35. The summed E-state index contributed by atoms with van der Waals surface area (Å²) in [4.78, 5) is 48.5. The Balaban J connectivity index is 0.971. The molecule has 1 heterocycles. The topological polar surface area (TPSA) is 142 Å². The number of rotatable bonds is 30. The Bertz CT molecular complexity index is 1930. The van der Waals surface area contributed by atoms with Gasteiger partial charge in [0.1, 0.15) is 11.5 Å². The van der Waals surface area contributed by atoms with Gasteiger partial charge in [-0.25, -0.2) is 19.2 Å². The van der Waals surface area contributed by atoms with Gasteiger partial charge < -0.3 is 37.9 Å². The van der Waals surface area contributed by atoms with Crippen LogP contribution in [0.4, 0.5) is 0 Å². The van der Waals surface area contributed by atoms with Crippen LogP contribution in [0.2, 0.25) is 0 Å². The molecule has 1 aliphatic heterocycles. The summed E-state index contributed by atoms with van der Waals surface area (Å²) in [5.41, 5.74) is 4.40. The smallest absolute Gasteiger partial charge is 0.340 e. The number of hydrogen-bond donors (Lipinski definition) is 0. The largest absolute Gasteiger partial charge is 0.494 e. The first-order valence-electron chi connectivity index (χ1n) is 23.2. The van der Waals surface area contributed by atoms with Crippen LogP contribution in [0.15, 0.2) is 122 Å². The fraction of sp³-hybridized carbons (Fsp3) is 0.407. The second-order valence-electron chi connectivity index (χ2n) is 15.9. The van der Waals surface area contributed by atoms with Crippen LogP contribution in [0.1, 0.15) is 111 Å². The molecule has 0 N–H and O–H groups in total. The van der Waals surface area contributed by atoms with Gasteiger partial charge in [-0.1, -0.05) is 126 Å². The molecule has 2 atom stereocenters. The van der Waals surface area contributed by atoms with Gasteiger partial charge in [-0.3, -0.25) is 0 Å². The normalized spacial score (nSPS) is 14.4. The van der Waals surface area contributed by atoms with Crippen molar-refractivity contribution < 1.29 is 57.1 Å². The molecular formula is C54H64O12. The van der Waals surface area contributed by atoms with E-state index in [4.69, 9.17) is 37.9 Å². The Morgan fingerprint density at radius 2 is 0.712 bits per heavy atom. The summed E-state index contributed by atoms with van der Waals surface area (Å²) in [5.74, 6) is -0.410. The minimum Gasteiger partial charge on any atom is -0.494 e. The summed E-state index contributed by atoms with van der Waals surface area (Å²) in [5, 5.41) is 0. The first kappa shape index (κ1) is 50.8.